The molecule has 0 amide bonds. The molecule has 1 unspecified atom stereocenters. The smallest absolute Gasteiger partial charge is 0.141 e. The van der Waals surface area contributed by atoms with Gasteiger partial charge in [0.05, 0.1) is 28.1 Å². The fraction of sp³-hybridized carbons (Fsp3) is 0.200. The summed E-state index contributed by atoms with van der Waals surface area (Å²) in [6.07, 6.45) is 0.838. The Morgan fingerprint density at radius 3 is 2.90 bits per heavy atom. The highest BCUT2D eigenvalue weighted by Crippen LogP contribution is 2.34. The number of nitrogens with two attached hydrogens (primary N) is 1. The van der Waals surface area contributed by atoms with E-state index in [1.54, 1.807) is 6.07 Å². The summed E-state index contributed by atoms with van der Waals surface area (Å²) in [5.41, 5.74) is 7.75. The largest absolute Gasteiger partial charge is 0.493 e. The molecule has 6 heteroatoms. The van der Waals surface area contributed by atoms with E-state index < -0.39 is 16.6 Å². The van der Waals surface area contributed by atoms with Crippen molar-refractivity contribution in [3.8, 4) is 5.75 Å². The number of hydrogen-bond acceptors (Lipinski definition) is 3. The first-order valence-electron chi connectivity index (χ1n) is 6.42. The lowest BCUT2D eigenvalue weighted by Crippen LogP contribution is -2.02. The van der Waals surface area contributed by atoms with Gasteiger partial charge in [-0.25, -0.2) is 4.39 Å². The van der Waals surface area contributed by atoms with Crippen LogP contribution < -0.4 is 10.5 Å². The zero-order chi connectivity index (χ0) is 15.0. The Balaban J connectivity index is 1.92. The molecule has 0 aliphatic carbocycles. The number of anilines is 1. The van der Waals surface area contributed by atoms with Crippen LogP contribution in [0.25, 0.3) is 0 Å². The summed E-state index contributed by atoms with van der Waals surface area (Å²) in [6, 6.07) is 8.09. The Morgan fingerprint density at radius 2 is 2.14 bits per heavy atom. The molecule has 1 aliphatic rings. The Bertz CT molecular complexity index is 736. The number of benzene rings is 2. The standard InChI is InChI=1S/C15H13BrFNO2S/c16-11-5-9-3-4-20-15(9)10(6-11)8-21(19)14-2-1-12(18)7-13(14)17/h1-2,5-7H,3-4,8,18H2. The first kappa shape index (κ1) is 14.5. The van der Waals surface area contributed by atoms with E-state index in [9.17, 15) is 8.60 Å². The van der Waals surface area contributed by atoms with E-state index in [0.29, 0.717) is 12.3 Å². The van der Waals surface area contributed by atoms with E-state index in [4.69, 9.17) is 10.5 Å². The van der Waals surface area contributed by atoms with Crippen molar-refractivity contribution in [3.05, 3.63) is 51.7 Å². The molecule has 0 bridgehead atoms. The molecule has 21 heavy (non-hydrogen) atoms. The minimum Gasteiger partial charge on any atom is -0.493 e. The van der Waals surface area contributed by atoms with Crippen molar-refractivity contribution in [1.82, 2.24) is 0 Å². The van der Waals surface area contributed by atoms with Gasteiger partial charge in [-0.2, -0.15) is 0 Å². The third-order valence-electron chi connectivity index (χ3n) is 3.31. The topological polar surface area (TPSA) is 52.3 Å². The van der Waals surface area contributed by atoms with Gasteiger partial charge in [-0.15, -0.1) is 0 Å². The van der Waals surface area contributed by atoms with Gasteiger partial charge in [-0.3, -0.25) is 4.21 Å². The molecule has 2 aromatic rings. The fourth-order valence-corrected chi connectivity index (χ4v) is 4.08. The molecular formula is C15H13BrFNO2S. The van der Waals surface area contributed by atoms with Crippen LogP contribution in [-0.2, 0) is 23.0 Å². The quantitative estimate of drug-likeness (QED) is 0.843. The first-order chi connectivity index (χ1) is 10.0. The minimum atomic E-state index is -1.49. The van der Waals surface area contributed by atoms with Crippen LogP contribution in [0, 0.1) is 5.82 Å². The van der Waals surface area contributed by atoms with Gasteiger partial charge in [0.15, 0.2) is 0 Å². The Morgan fingerprint density at radius 1 is 1.33 bits per heavy atom. The number of ether oxygens (including phenoxy) is 1. The number of fused-ring (bicyclic) bond motifs is 1. The summed E-state index contributed by atoms with van der Waals surface area (Å²) in [4.78, 5) is 0.163. The average molecular weight is 370 g/mol. The summed E-state index contributed by atoms with van der Waals surface area (Å²) in [7, 11) is -1.49. The van der Waals surface area contributed by atoms with Gasteiger partial charge in [-0.1, -0.05) is 15.9 Å². The summed E-state index contributed by atoms with van der Waals surface area (Å²) in [5, 5.41) is 0. The second kappa shape index (κ2) is 5.77. The van der Waals surface area contributed by atoms with Crippen LogP contribution >= 0.6 is 15.9 Å². The summed E-state index contributed by atoms with van der Waals surface area (Å²) >= 11 is 3.44. The predicted octanol–water partition coefficient (Wildman–Crippen LogP) is 3.41. The third-order valence-corrected chi connectivity index (χ3v) is 5.17. The van der Waals surface area contributed by atoms with E-state index in [1.165, 1.54) is 12.1 Å². The lowest BCUT2D eigenvalue weighted by Gasteiger charge is -2.10. The van der Waals surface area contributed by atoms with Crippen molar-refractivity contribution in [1.29, 1.82) is 0 Å². The van der Waals surface area contributed by atoms with Crippen molar-refractivity contribution >= 4 is 32.4 Å². The lowest BCUT2D eigenvalue weighted by atomic mass is 10.1. The molecule has 0 saturated heterocycles. The molecule has 1 atom stereocenters. The Labute approximate surface area is 132 Å². The van der Waals surface area contributed by atoms with Gasteiger partial charge < -0.3 is 10.5 Å². The van der Waals surface area contributed by atoms with Gasteiger partial charge >= 0.3 is 0 Å². The second-order valence-electron chi connectivity index (χ2n) is 4.83. The molecule has 3 nitrogen and oxygen atoms in total. The zero-order valence-electron chi connectivity index (χ0n) is 11.1. The van der Waals surface area contributed by atoms with Gasteiger partial charge in [0.1, 0.15) is 11.6 Å². The highest BCUT2D eigenvalue weighted by molar-refractivity contribution is 9.10. The van der Waals surface area contributed by atoms with Crippen molar-refractivity contribution in [3.63, 3.8) is 0 Å². The van der Waals surface area contributed by atoms with Crippen LogP contribution in [0.3, 0.4) is 0 Å². The maximum atomic E-state index is 13.8. The molecule has 0 fully saturated rings. The van der Waals surface area contributed by atoms with Crippen LogP contribution in [0.15, 0.2) is 39.7 Å². The molecule has 1 heterocycles. The van der Waals surface area contributed by atoms with Crippen molar-refractivity contribution < 1.29 is 13.3 Å². The SMILES string of the molecule is Nc1ccc(S(=O)Cc2cc(Br)cc3c2OCC3)c(F)c1. The maximum absolute atomic E-state index is 13.8. The van der Waals surface area contributed by atoms with E-state index in [0.717, 1.165) is 27.8 Å². The molecule has 2 aromatic carbocycles. The molecule has 0 radical (unpaired) electrons. The van der Waals surface area contributed by atoms with Gasteiger partial charge in [-0.05, 0) is 35.9 Å². The van der Waals surface area contributed by atoms with E-state index in [-0.39, 0.29) is 10.6 Å². The van der Waals surface area contributed by atoms with Crippen LogP contribution in [0.4, 0.5) is 10.1 Å². The lowest BCUT2D eigenvalue weighted by molar-refractivity contribution is 0.354. The summed E-state index contributed by atoms with van der Waals surface area (Å²) in [5.74, 6) is 0.450. The molecule has 0 spiro atoms. The Kier molecular flexibility index (Phi) is 3.99. The van der Waals surface area contributed by atoms with Crippen molar-refractivity contribution in [2.75, 3.05) is 12.3 Å². The zero-order valence-corrected chi connectivity index (χ0v) is 13.5. The average Bonchev–Trinajstić information content (AvgIpc) is 2.86. The van der Waals surface area contributed by atoms with E-state index >= 15 is 0 Å². The Hall–Kier alpha value is -1.40. The highest BCUT2D eigenvalue weighted by atomic mass is 79.9. The normalized spacial score (nSPS) is 14.6. The van der Waals surface area contributed by atoms with Gasteiger partial charge in [0.2, 0.25) is 0 Å². The molecule has 1 aliphatic heterocycles. The van der Waals surface area contributed by atoms with Gasteiger partial charge in [0.25, 0.3) is 0 Å². The molecule has 0 saturated carbocycles. The number of rotatable bonds is 3. The summed E-state index contributed by atoms with van der Waals surface area (Å²) < 4.78 is 32.8. The van der Waals surface area contributed by atoms with E-state index in [1.807, 2.05) is 12.1 Å². The highest BCUT2D eigenvalue weighted by Gasteiger charge is 2.20. The third kappa shape index (κ3) is 2.96. The molecule has 0 aromatic heterocycles. The van der Waals surface area contributed by atoms with Crippen molar-refractivity contribution in [2.45, 2.75) is 17.1 Å². The van der Waals surface area contributed by atoms with Crippen molar-refractivity contribution in [2.24, 2.45) is 0 Å². The first-order valence-corrected chi connectivity index (χ1v) is 8.53. The number of nitrogen functional groups attached to an aromatic ring is 1. The van der Waals surface area contributed by atoms with Crippen LogP contribution in [0.1, 0.15) is 11.1 Å². The van der Waals surface area contributed by atoms with Crippen LogP contribution in [-0.4, -0.2) is 10.8 Å². The fourth-order valence-electron chi connectivity index (χ4n) is 2.37. The predicted molar refractivity (Wildman–Crippen MR) is 84.3 cm³/mol. The molecule has 2 N–H and O–H groups in total. The van der Waals surface area contributed by atoms with E-state index in [2.05, 4.69) is 15.9 Å². The number of halogens is 2. The molecular weight excluding hydrogens is 357 g/mol. The van der Waals surface area contributed by atoms with Gasteiger partial charge in [0, 0.05) is 22.1 Å². The number of hydrogen-bond donors (Lipinski definition) is 1. The minimum absolute atomic E-state index is 0.163. The molecule has 110 valence electrons. The van der Waals surface area contributed by atoms with Crippen LogP contribution in [0.2, 0.25) is 0 Å². The molecule has 3 rings (SSSR count). The maximum Gasteiger partial charge on any atom is 0.141 e. The monoisotopic (exact) mass is 369 g/mol. The van der Waals surface area contributed by atoms with Crippen LogP contribution in [0.5, 0.6) is 5.75 Å². The summed E-state index contributed by atoms with van der Waals surface area (Å²) in [6.45, 7) is 0.627. The second-order valence-corrected chi connectivity index (χ2v) is 7.17.